The van der Waals surface area contributed by atoms with Crippen LogP contribution in [0.1, 0.15) is 37.0 Å². The molecular weight excluding hydrogens is 312 g/mol. The second-order valence-corrected chi connectivity index (χ2v) is 7.85. The number of benzene rings is 1. The van der Waals surface area contributed by atoms with Crippen molar-refractivity contribution in [2.75, 3.05) is 5.75 Å². The predicted octanol–water partition coefficient (Wildman–Crippen LogP) is 1.51. The molecule has 6 nitrogen and oxygen atoms in total. The molecule has 1 aliphatic heterocycles. The van der Waals surface area contributed by atoms with E-state index in [1.54, 1.807) is 0 Å². The maximum absolute atomic E-state index is 12.0. The van der Waals surface area contributed by atoms with Gasteiger partial charge in [-0.1, -0.05) is 37.3 Å². The monoisotopic (exact) mass is 334 g/mol. The first-order chi connectivity index (χ1) is 11.1. The van der Waals surface area contributed by atoms with Crippen molar-refractivity contribution < 1.29 is 8.42 Å². The zero-order valence-corrected chi connectivity index (χ0v) is 14.1. The Hall–Kier alpha value is -1.73. The number of sulfonamides is 1. The molecule has 1 atom stereocenters. The fraction of sp³-hybridized carbons (Fsp3) is 0.500. The zero-order valence-electron chi connectivity index (χ0n) is 13.3. The van der Waals surface area contributed by atoms with Gasteiger partial charge in [0.15, 0.2) is 0 Å². The Labute approximate surface area is 137 Å². The molecule has 0 fully saturated rings. The van der Waals surface area contributed by atoms with Crippen LogP contribution < -0.4 is 4.72 Å². The molecule has 1 aromatic carbocycles. The first-order valence-corrected chi connectivity index (χ1v) is 9.67. The van der Waals surface area contributed by atoms with E-state index in [1.807, 2.05) is 25.1 Å². The minimum Gasteiger partial charge on any atom is -0.313 e. The van der Waals surface area contributed by atoms with Crippen LogP contribution in [0.5, 0.6) is 0 Å². The topological polar surface area (TPSA) is 76.9 Å². The molecule has 7 heteroatoms. The summed E-state index contributed by atoms with van der Waals surface area (Å²) in [7, 11) is -3.19. The fourth-order valence-electron chi connectivity index (χ4n) is 2.97. The number of aryl methyl sites for hydroxylation is 1. The molecule has 0 bridgehead atoms. The summed E-state index contributed by atoms with van der Waals surface area (Å²) in [4.78, 5) is 0. The van der Waals surface area contributed by atoms with E-state index >= 15 is 0 Å². The lowest BCUT2D eigenvalue weighted by Gasteiger charge is -2.25. The normalized spacial score (nSPS) is 17.9. The molecule has 0 radical (unpaired) electrons. The molecule has 3 rings (SSSR count). The molecule has 0 amide bonds. The third-order valence-corrected chi connectivity index (χ3v) is 5.69. The van der Waals surface area contributed by atoms with E-state index in [0.29, 0.717) is 19.4 Å². The Morgan fingerprint density at radius 1 is 1.26 bits per heavy atom. The summed E-state index contributed by atoms with van der Waals surface area (Å²) in [6.45, 7) is 2.48. The van der Waals surface area contributed by atoms with Gasteiger partial charge >= 0.3 is 0 Å². The highest BCUT2D eigenvalue weighted by atomic mass is 32.2. The molecule has 1 aromatic heterocycles. The number of fused-ring (bicyclic) bond motifs is 1. The largest absolute Gasteiger partial charge is 0.313 e. The molecule has 0 saturated carbocycles. The van der Waals surface area contributed by atoms with Gasteiger partial charge in [0.1, 0.15) is 11.6 Å². The number of hydrogen-bond donors (Lipinski definition) is 1. The van der Waals surface area contributed by atoms with Gasteiger partial charge < -0.3 is 4.57 Å². The molecular formula is C16H22N4O2S. The van der Waals surface area contributed by atoms with Gasteiger partial charge in [0.05, 0.1) is 5.75 Å². The summed E-state index contributed by atoms with van der Waals surface area (Å²) in [6.07, 6.45) is 2.86. The van der Waals surface area contributed by atoms with Crippen LogP contribution >= 0.6 is 0 Å². The van der Waals surface area contributed by atoms with Crippen molar-refractivity contribution in [3.05, 3.63) is 47.5 Å². The van der Waals surface area contributed by atoms with E-state index in [4.69, 9.17) is 0 Å². The van der Waals surface area contributed by atoms with E-state index in [-0.39, 0.29) is 11.8 Å². The minimum atomic E-state index is -3.19. The second kappa shape index (κ2) is 6.80. The van der Waals surface area contributed by atoms with Crippen LogP contribution in [0.15, 0.2) is 30.3 Å². The molecule has 2 aromatic rings. The first kappa shape index (κ1) is 16.1. The van der Waals surface area contributed by atoms with Crippen molar-refractivity contribution in [1.82, 2.24) is 19.5 Å². The lowest BCUT2D eigenvalue weighted by molar-refractivity contribution is 0.414. The van der Waals surface area contributed by atoms with E-state index < -0.39 is 10.0 Å². The highest BCUT2D eigenvalue weighted by Gasteiger charge is 2.25. The van der Waals surface area contributed by atoms with E-state index in [9.17, 15) is 8.42 Å². The Bertz CT molecular complexity index is 756. The maximum atomic E-state index is 12.0. The van der Waals surface area contributed by atoms with Crippen molar-refractivity contribution >= 4 is 10.0 Å². The smallest absolute Gasteiger partial charge is 0.211 e. The Morgan fingerprint density at radius 2 is 2.04 bits per heavy atom. The number of rotatable bonds is 6. The van der Waals surface area contributed by atoms with Crippen LogP contribution in [0.25, 0.3) is 0 Å². The average molecular weight is 334 g/mol. The lowest BCUT2D eigenvalue weighted by atomic mass is 10.1. The molecule has 2 heterocycles. The van der Waals surface area contributed by atoms with E-state index in [1.165, 1.54) is 5.56 Å². The molecule has 0 saturated heterocycles. The van der Waals surface area contributed by atoms with Crippen LogP contribution in [0.3, 0.4) is 0 Å². The summed E-state index contributed by atoms with van der Waals surface area (Å²) < 4.78 is 28.8. The van der Waals surface area contributed by atoms with Crippen LogP contribution in [0.4, 0.5) is 0 Å². The van der Waals surface area contributed by atoms with Gasteiger partial charge in [0.25, 0.3) is 0 Å². The van der Waals surface area contributed by atoms with Gasteiger partial charge in [-0.05, 0) is 18.4 Å². The first-order valence-electron chi connectivity index (χ1n) is 8.02. The summed E-state index contributed by atoms with van der Waals surface area (Å²) in [5, 5.41) is 8.55. The third-order valence-electron chi connectivity index (χ3n) is 4.05. The van der Waals surface area contributed by atoms with Crippen molar-refractivity contribution in [3.63, 3.8) is 0 Å². The lowest BCUT2D eigenvalue weighted by Crippen LogP contribution is -2.42. The second-order valence-electron chi connectivity index (χ2n) is 5.98. The molecule has 1 N–H and O–H groups in total. The third kappa shape index (κ3) is 3.97. The Morgan fingerprint density at radius 3 is 2.78 bits per heavy atom. The molecule has 0 aliphatic carbocycles. The van der Waals surface area contributed by atoms with Crippen LogP contribution in [-0.4, -0.2) is 35.0 Å². The van der Waals surface area contributed by atoms with Crippen molar-refractivity contribution in [3.8, 4) is 0 Å². The summed E-state index contributed by atoms with van der Waals surface area (Å²) in [5.74, 6) is 2.02. The van der Waals surface area contributed by atoms with E-state index in [2.05, 4.69) is 31.6 Å². The minimum absolute atomic E-state index is 0.0791. The molecule has 1 aliphatic rings. The quantitative estimate of drug-likeness (QED) is 0.869. The van der Waals surface area contributed by atoms with Gasteiger partial charge in [-0.3, -0.25) is 0 Å². The Kier molecular flexibility index (Phi) is 4.77. The van der Waals surface area contributed by atoms with Gasteiger partial charge in [0.2, 0.25) is 10.0 Å². The highest BCUT2D eigenvalue weighted by molar-refractivity contribution is 7.89. The maximum Gasteiger partial charge on any atom is 0.211 e. The van der Waals surface area contributed by atoms with Gasteiger partial charge in [0, 0.05) is 25.4 Å². The fourth-order valence-corrected chi connectivity index (χ4v) is 4.33. The van der Waals surface area contributed by atoms with Crippen molar-refractivity contribution in [2.24, 2.45) is 0 Å². The summed E-state index contributed by atoms with van der Waals surface area (Å²) in [5.41, 5.74) is 1.18. The molecule has 0 spiro atoms. The number of nitrogens with one attached hydrogen (secondary N) is 1. The molecule has 23 heavy (non-hydrogen) atoms. The van der Waals surface area contributed by atoms with Crippen LogP contribution in [0, 0.1) is 0 Å². The Balaban J connectivity index is 1.74. The highest BCUT2D eigenvalue weighted by Crippen LogP contribution is 2.18. The van der Waals surface area contributed by atoms with Crippen LogP contribution in [0.2, 0.25) is 0 Å². The SMILES string of the molecule is CCCS(=O)(=O)N[C@H]1CCc2nnc(Cc3ccccc3)n2C1. The van der Waals surface area contributed by atoms with E-state index in [0.717, 1.165) is 24.5 Å². The van der Waals surface area contributed by atoms with Crippen molar-refractivity contribution in [2.45, 2.75) is 45.2 Å². The zero-order chi connectivity index (χ0) is 16.3. The van der Waals surface area contributed by atoms with Crippen molar-refractivity contribution in [1.29, 1.82) is 0 Å². The summed E-state index contributed by atoms with van der Waals surface area (Å²) >= 11 is 0. The number of hydrogen-bond acceptors (Lipinski definition) is 4. The van der Waals surface area contributed by atoms with Gasteiger partial charge in [-0.2, -0.15) is 0 Å². The van der Waals surface area contributed by atoms with Gasteiger partial charge in [-0.25, -0.2) is 13.1 Å². The summed E-state index contributed by atoms with van der Waals surface area (Å²) in [6, 6.07) is 10.0. The predicted molar refractivity (Wildman–Crippen MR) is 88.6 cm³/mol. The molecule has 124 valence electrons. The number of nitrogens with zero attached hydrogens (tertiary/aromatic N) is 3. The van der Waals surface area contributed by atoms with Crippen LogP contribution in [-0.2, 0) is 29.4 Å². The average Bonchev–Trinajstić information content (AvgIpc) is 2.90. The van der Waals surface area contributed by atoms with Gasteiger partial charge in [-0.15, -0.1) is 10.2 Å². The standard InChI is InChI=1S/C16H22N4O2S/c1-2-10-23(21,22)19-14-8-9-15-17-18-16(20(15)12-14)11-13-6-4-3-5-7-13/h3-7,14,19H,2,8-12H2,1H3/t14-/m0/s1. The molecule has 0 unspecified atom stereocenters. The number of aromatic nitrogens is 3.